The largest absolute Gasteiger partial charge is 0.229 e. The van der Waals surface area contributed by atoms with Crippen molar-refractivity contribution in [2.45, 2.75) is 32.4 Å². The van der Waals surface area contributed by atoms with Crippen LogP contribution in [0.25, 0.3) is 0 Å². The topological polar surface area (TPSA) is 34.1 Å². The van der Waals surface area contributed by atoms with Gasteiger partial charge < -0.3 is 0 Å². The van der Waals surface area contributed by atoms with Gasteiger partial charge in [-0.05, 0) is 19.8 Å². The standard InChI is InChI=1S/C7H16O2S/c1-6(2)7(3,4)10(5,8)9/h6H,1-5H3. The molecule has 0 aliphatic heterocycles. The number of hydrogen-bond donors (Lipinski definition) is 0. The van der Waals surface area contributed by atoms with Crippen molar-refractivity contribution >= 4 is 9.84 Å². The molecule has 10 heavy (non-hydrogen) atoms. The molecule has 0 N–H and O–H groups in total. The fraction of sp³-hybridized carbons (Fsp3) is 1.00. The summed E-state index contributed by atoms with van der Waals surface area (Å²) in [6.07, 6.45) is 1.28. The van der Waals surface area contributed by atoms with E-state index in [4.69, 9.17) is 0 Å². The monoisotopic (exact) mass is 164 g/mol. The predicted molar refractivity (Wildman–Crippen MR) is 43.8 cm³/mol. The molecular formula is C7H16O2S. The first kappa shape index (κ1) is 9.95. The number of hydrogen-bond acceptors (Lipinski definition) is 2. The molecule has 0 rings (SSSR count). The smallest absolute Gasteiger partial charge is 0.152 e. The zero-order chi connectivity index (χ0) is 8.58. The second-order valence-electron chi connectivity index (χ2n) is 3.53. The molecule has 0 unspecified atom stereocenters. The average Bonchev–Trinajstić information content (AvgIpc) is 1.62. The highest BCUT2D eigenvalue weighted by atomic mass is 32.2. The van der Waals surface area contributed by atoms with Crippen LogP contribution in [0.15, 0.2) is 0 Å². The zero-order valence-electron chi connectivity index (χ0n) is 7.30. The van der Waals surface area contributed by atoms with Crippen molar-refractivity contribution in [3.63, 3.8) is 0 Å². The lowest BCUT2D eigenvalue weighted by Gasteiger charge is -2.26. The number of rotatable bonds is 2. The highest BCUT2D eigenvalue weighted by Gasteiger charge is 2.33. The lowest BCUT2D eigenvalue weighted by Crippen LogP contribution is -2.36. The quantitative estimate of drug-likeness (QED) is 0.619. The molecule has 0 bridgehead atoms. The Kier molecular flexibility index (Phi) is 2.52. The third-order valence-electron chi connectivity index (χ3n) is 2.35. The van der Waals surface area contributed by atoms with Crippen LogP contribution in [-0.4, -0.2) is 19.4 Å². The summed E-state index contributed by atoms with van der Waals surface area (Å²) in [5.41, 5.74) is 0. The fourth-order valence-electron chi connectivity index (χ4n) is 0.428. The van der Waals surface area contributed by atoms with Gasteiger partial charge in [0.05, 0.1) is 4.75 Å². The van der Waals surface area contributed by atoms with Gasteiger partial charge in [0.25, 0.3) is 0 Å². The molecule has 0 aliphatic rings. The molecule has 0 radical (unpaired) electrons. The zero-order valence-corrected chi connectivity index (χ0v) is 8.12. The molecule has 0 saturated heterocycles. The van der Waals surface area contributed by atoms with Crippen LogP contribution in [0.2, 0.25) is 0 Å². The van der Waals surface area contributed by atoms with Crippen molar-refractivity contribution in [2.24, 2.45) is 5.92 Å². The van der Waals surface area contributed by atoms with Crippen LogP contribution in [0.1, 0.15) is 27.7 Å². The van der Waals surface area contributed by atoms with Crippen molar-refractivity contribution in [1.82, 2.24) is 0 Å². The van der Waals surface area contributed by atoms with E-state index in [-0.39, 0.29) is 5.92 Å². The molecule has 0 aromatic rings. The minimum atomic E-state index is -2.90. The van der Waals surface area contributed by atoms with E-state index in [2.05, 4.69) is 0 Å². The first-order valence-electron chi connectivity index (χ1n) is 3.39. The predicted octanol–water partition coefficient (Wildman–Crippen LogP) is 1.47. The molecule has 0 amide bonds. The van der Waals surface area contributed by atoms with Gasteiger partial charge in [-0.25, -0.2) is 8.42 Å². The molecular weight excluding hydrogens is 148 g/mol. The van der Waals surface area contributed by atoms with Gasteiger partial charge in [0.2, 0.25) is 0 Å². The number of sulfone groups is 1. The van der Waals surface area contributed by atoms with Crippen molar-refractivity contribution < 1.29 is 8.42 Å². The van der Waals surface area contributed by atoms with E-state index in [9.17, 15) is 8.42 Å². The molecule has 0 saturated carbocycles. The maximum Gasteiger partial charge on any atom is 0.152 e. The summed E-state index contributed by atoms with van der Waals surface area (Å²) in [6, 6.07) is 0. The molecule has 0 atom stereocenters. The van der Waals surface area contributed by atoms with Gasteiger partial charge in [0, 0.05) is 6.26 Å². The maximum atomic E-state index is 11.1. The SMILES string of the molecule is CC(C)C(C)(C)S(C)(=O)=O. The molecule has 0 aromatic carbocycles. The molecule has 0 fully saturated rings. The van der Waals surface area contributed by atoms with Gasteiger partial charge in [0.1, 0.15) is 0 Å². The van der Waals surface area contributed by atoms with Crippen LogP contribution in [0.5, 0.6) is 0 Å². The lowest BCUT2D eigenvalue weighted by molar-refractivity contribution is 0.457. The Morgan fingerprint density at radius 1 is 1.20 bits per heavy atom. The average molecular weight is 164 g/mol. The fourth-order valence-corrected chi connectivity index (χ4v) is 1.28. The molecule has 0 aliphatic carbocycles. The minimum absolute atomic E-state index is 0.169. The molecule has 3 heteroatoms. The van der Waals surface area contributed by atoms with Crippen LogP contribution in [0.4, 0.5) is 0 Å². The van der Waals surface area contributed by atoms with E-state index in [0.29, 0.717) is 0 Å². The van der Waals surface area contributed by atoms with Crippen LogP contribution in [0.3, 0.4) is 0 Å². The van der Waals surface area contributed by atoms with Gasteiger partial charge in [0.15, 0.2) is 9.84 Å². The van der Waals surface area contributed by atoms with Gasteiger partial charge >= 0.3 is 0 Å². The van der Waals surface area contributed by atoms with Crippen molar-refractivity contribution in [2.75, 3.05) is 6.26 Å². The summed E-state index contributed by atoms with van der Waals surface area (Å²) in [5, 5.41) is 0. The Bertz CT molecular complexity index is 200. The Balaban J connectivity index is 4.76. The maximum absolute atomic E-state index is 11.1. The highest BCUT2D eigenvalue weighted by molar-refractivity contribution is 7.92. The molecule has 2 nitrogen and oxygen atoms in total. The van der Waals surface area contributed by atoms with E-state index < -0.39 is 14.6 Å². The van der Waals surface area contributed by atoms with Gasteiger partial charge in [-0.15, -0.1) is 0 Å². The Morgan fingerprint density at radius 2 is 1.50 bits per heavy atom. The first-order valence-corrected chi connectivity index (χ1v) is 5.28. The van der Waals surface area contributed by atoms with Crippen LogP contribution in [0, 0.1) is 5.92 Å². The van der Waals surface area contributed by atoms with Gasteiger partial charge in [-0.3, -0.25) is 0 Å². The van der Waals surface area contributed by atoms with Gasteiger partial charge in [-0.2, -0.15) is 0 Å². The third-order valence-corrected chi connectivity index (χ3v) is 4.73. The summed E-state index contributed by atoms with van der Waals surface area (Å²) < 4.78 is 21.6. The lowest BCUT2D eigenvalue weighted by atomic mass is 10.00. The summed E-state index contributed by atoms with van der Waals surface area (Å²) in [7, 11) is -2.90. The third kappa shape index (κ3) is 1.72. The molecule has 0 heterocycles. The van der Waals surface area contributed by atoms with Crippen LogP contribution in [-0.2, 0) is 9.84 Å². The van der Waals surface area contributed by atoms with E-state index in [0.717, 1.165) is 0 Å². The van der Waals surface area contributed by atoms with Crippen molar-refractivity contribution in [3.8, 4) is 0 Å². The van der Waals surface area contributed by atoms with E-state index in [1.165, 1.54) is 6.26 Å². The van der Waals surface area contributed by atoms with Crippen molar-refractivity contribution in [1.29, 1.82) is 0 Å². The van der Waals surface area contributed by atoms with Crippen LogP contribution >= 0.6 is 0 Å². The summed E-state index contributed by atoms with van der Waals surface area (Å²) in [4.78, 5) is 0. The summed E-state index contributed by atoms with van der Waals surface area (Å²) in [6.45, 7) is 7.35. The first-order chi connectivity index (χ1) is 4.19. The summed E-state index contributed by atoms with van der Waals surface area (Å²) in [5.74, 6) is 0.169. The Morgan fingerprint density at radius 3 is 1.50 bits per heavy atom. The second kappa shape index (κ2) is 2.53. The Hall–Kier alpha value is -0.0500. The molecule has 0 aromatic heterocycles. The van der Waals surface area contributed by atoms with Gasteiger partial charge in [-0.1, -0.05) is 13.8 Å². The van der Waals surface area contributed by atoms with Crippen molar-refractivity contribution in [3.05, 3.63) is 0 Å². The summed E-state index contributed by atoms with van der Waals surface area (Å²) >= 11 is 0. The van der Waals surface area contributed by atoms with E-state index >= 15 is 0 Å². The molecule has 62 valence electrons. The highest BCUT2D eigenvalue weighted by Crippen LogP contribution is 2.24. The Labute approximate surface area is 63.6 Å². The normalized spacial score (nSPS) is 14.2. The minimum Gasteiger partial charge on any atom is -0.229 e. The second-order valence-corrected chi connectivity index (χ2v) is 6.13. The van der Waals surface area contributed by atoms with E-state index in [1.54, 1.807) is 13.8 Å². The molecule has 0 spiro atoms. The van der Waals surface area contributed by atoms with Crippen LogP contribution < -0.4 is 0 Å². The van der Waals surface area contributed by atoms with E-state index in [1.807, 2.05) is 13.8 Å².